The normalized spacial score (nSPS) is 10.1. The lowest BCUT2D eigenvalue weighted by molar-refractivity contribution is 0.304. The van der Waals surface area contributed by atoms with Crippen molar-refractivity contribution in [3.8, 4) is 5.75 Å². The van der Waals surface area contributed by atoms with Crippen LogP contribution in [0.1, 0.15) is 5.56 Å². The van der Waals surface area contributed by atoms with Gasteiger partial charge in [-0.05, 0) is 17.7 Å². The number of hydrogen-bond donors (Lipinski definition) is 0. The van der Waals surface area contributed by atoms with Gasteiger partial charge >= 0.3 is 0 Å². The molecule has 0 bridgehead atoms. The molecule has 16 heavy (non-hydrogen) atoms. The molecule has 0 fully saturated rings. The Bertz CT molecular complexity index is 450. The van der Waals surface area contributed by atoms with Gasteiger partial charge in [0.15, 0.2) is 0 Å². The summed E-state index contributed by atoms with van der Waals surface area (Å²) in [6, 6.07) is 13.8. The SMILES string of the molecule is Fc1cc(Cl)cc(OCc2ccccc2)c1. The predicted molar refractivity (Wildman–Crippen MR) is 62.2 cm³/mol. The van der Waals surface area contributed by atoms with Gasteiger partial charge in [0, 0.05) is 11.1 Å². The Morgan fingerprint density at radius 3 is 2.50 bits per heavy atom. The van der Waals surface area contributed by atoms with Gasteiger partial charge in [-0.3, -0.25) is 0 Å². The zero-order chi connectivity index (χ0) is 11.4. The Morgan fingerprint density at radius 1 is 1.06 bits per heavy atom. The van der Waals surface area contributed by atoms with Gasteiger partial charge in [-0.15, -0.1) is 0 Å². The molecule has 0 aromatic heterocycles. The molecule has 0 heterocycles. The van der Waals surface area contributed by atoms with Gasteiger partial charge in [0.2, 0.25) is 0 Å². The first kappa shape index (κ1) is 11.0. The summed E-state index contributed by atoms with van der Waals surface area (Å²) in [5, 5.41) is 0.336. The highest BCUT2D eigenvalue weighted by Crippen LogP contribution is 2.20. The van der Waals surface area contributed by atoms with Crippen molar-refractivity contribution in [1.82, 2.24) is 0 Å². The van der Waals surface area contributed by atoms with Crippen molar-refractivity contribution in [2.75, 3.05) is 0 Å². The van der Waals surface area contributed by atoms with E-state index in [1.165, 1.54) is 12.1 Å². The van der Waals surface area contributed by atoms with Crippen LogP contribution >= 0.6 is 11.6 Å². The first-order valence-corrected chi connectivity index (χ1v) is 5.25. The number of ether oxygens (including phenoxy) is 1. The third-order valence-corrected chi connectivity index (χ3v) is 2.30. The average molecular weight is 237 g/mol. The van der Waals surface area contributed by atoms with E-state index in [4.69, 9.17) is 16.3 Å². The average Bonchev–Trinajstić information content (AvgIpc) is 2.27. The number of hydrogen-bond acceptors (Lipinski definition) is 1. The minimum Gasteiger partial charge on any atom is -0.489 e. The van der Waals surface area contributed by atoms with Crippen molar-refractivity contribution in [2.45, 2.75) is 6.61 Å². The summed E-state index contributed by atoms with van der Waals surface area (Å²) in [4.78, 5) is 0. The second-order valence-corrected chi connectivity index (χ2v) is 3.82. The van der Waals surface area contributed by atoms with Crippen LogP contribution in [-0.2, 0) is 6.61 Å². The Hall–Kier alpha value is -1.54. The highest BCUT2D eigenvalue weighted by molar-refractivity contribution is 6.30. The van der Waals surface area contributed by atoms with Gasteiger partial charge in [-0.25, -0.2) is 4.39 Å². The number of rotatable bonds is 3. The van der Waals surface area contributed by atoms with E-state index in [1.54, 1.807) is 6.07 Å². The summed E-state index contributed by atoms with van der Waals surface area (Å²) < 4.78 is 18.4. The highest BCUT2D eigenvalue weighted by Gasteiger charge is 2.00. The lowest BCUT2D eigenvalue weighted by Gasteiger charge is -2.06. The Morgan fingerprint density at radius 2 is 1.81 bits per heavy atom. The molecule has 0 radical (unpaired) electrons. The molecule has 0 unspecified atom stereocenters. The highest BCUT2D eigenvalue weighted by atomic mass is 35.5. The fourth-order valence-corrected chi connectivity index (χ4v) is 1.56. The van der Waals surface area contributed by atoms with Crippen LogP contribution in [0.3, 0.4) is 0 Å². The van der Waals surface area contributed by atoms with Crippen LogP contribution in [-0.4, -0.2) is 0 Å². The van der Waals surface area contributed by atoms with Crippen molar-refractivity contribution < 1.29 is 9.13 Å². The van der Waals surface area contributed by atoms with Crippen LogP contribution in [0.15, 0.2) is 48.5 Å². The molecule has 2 rings (SSSR count). The van der Waals surface area contributed by atoms with Crippen molar-refractivity contribution >= 4 is 11.6 Å². The van der Waals surface area contributed by atoms with E-state index in [-0.39, 0.29) is 0 Å². The zero-order valence-corrected chi connectivity index (χ0v) is 9.25. The molecule has 0 amide bonds. The van der Waals surface area contributed by atoms with E-state index in [0.29, 0.717) is 17.4 Å². The van der Waals surface area contributed by atoms with E-state index in [1.807, 2.05) is 30.3 Å². The number of halogens is 2. The quantitative estimate of drug-likeness (QED) is 0.781. The molecule has 82 valence electrons. The summed E-state index contributed by atoms with van der Waals surface area (Å²) >= 11 is 5.71. The summed E-state index contributed by atoms with van der Waals surface area (Å²) in [5.74, 6) is 0.0458. The molecule has 1 nitrogen and oxygen atoms in total. The molecule has 0 aliphatic carbocycles. The van der Waals surface area contributed by atoms with Gasteiger partial charge in [0.05, 0.1) is 0 Å². The Balaban J connectivity index is 2.05. The molecule has 0 atom stereocenters. The van der Waals surface area contributed by atoms with Gasteiger partial charge < -0.3 is 4.74 Å². The molecular weight excluding hydrogens is 227 g/mol. The third kappa shape index (κ3) is 2.97. The molecule has 3 heteroatoms. The molecule has 0 aliphatic heterocycles. The van der Waals surface area contributed by atoms with Crippen LogP contribution in [0.5, 0.6) is 5.75 Å². The van der Waals surface area contributed by atoms with Gasteiger partial charge in [0.1, 0.15) is 18.2 Å². The van der Waals surface area contributed by atoms with Crippen molar-refractivity contribution in [1.29, 1.82) is 0 Å². The topological polar surface area (TPSA) is 9.23 Å². The van der Waals surface area contributed by atoms with Crippen molar-refractivity contribution in [3.05, 3.63) is 64.9 Å². The van der Waals surface area contributed by atoms with Crippen molar-refractivity contribution in [2.24, 2.45) is 0 Å². The summed E-state index contributed by atoms with van der Waals surface area (Å²) in [7, 11) is 0. The van der Waals surface area contributed by atoms with Crippen LogP contribution in [0.4, 0.5) is 4.39 Å². The molecule has 2 aromatic rings. The first-order valence-electron chi connectivity index (χ1n) is 4.87. The monoisotopic (exact) mass is 236 g/mol. The first-order chi connectivity index (χ1) is 7.74. The molecule has 0 saturated heterocycles. The lowest BCUT2D eigenvalue weighted by atomic mass is 10.2. The molecule has 0 spiro atoms. The van der Waals surface area contributed by atoms with Crippen LogP contribution < -0.4 is 4.74 Å². The fraction of sp³-hybridized carbons (Fsp3) is 0.0769. The second kappa shape index (κ2) is 4.99. The third-order valence-electron chi connectivity index (χ3n) is 2.08. The summed E-state index contributed by atoms with van der Waals surface area (Å²) in [6.45, 7) is 0.403. The Kier molecular flexibility index (Phi) is 3.42. The van der Waals surface area contributed by atoms with E-state index in [9.17, 15) is 4.39 Å². The lowest BCUT2D eigenvalue weighted by Crippen LogP contribution is -1.95. The molecule has 0 N–H and O–H groups in total. The van der Waals surface area contributed by atoms with Gasteiger partial charge in [-0.1, -0.05) is 41.9 Å². The fourth-order valence-electron chi connectivity index (χ4n) is 1.35. The van der Waals surface area contributed by atoms with E-state index in [2.05, 4.69) is 0 Å². The molecular formula is C13H10ClFO. The number of benzene rings is 2. The van der Waals surface area contributed by atoms with Crippen molar-refractivity contribution in [3.63, 3.8) is 0 Å². The molecule has 0 aliphatic rings. The predicted octanol–water partition coefficient (Wildman–Crippen LogP) is 4.06. The largest absolute Gasteiger partial charge is 0.489 e. The zero-order valence-electron chi connectivity index (χ0n) is 8.49. The maximum absolute atomic E-state index is 13.0. The summed E-state index contributed by atoms with van der Waals surface area (Å²) in [6.07, 6.45) is 0. The Labute approximate surface area is 98.4 Å². The second-order valence-electron chi connectivity index (χ2n) is 3.38. The van der Waals surface area contributed by atoms with Gasteiger partial charge in [-0.2, -0.15) is 0 Å². The standard InChI is InChI=1S/C13H10ClFO/c14-11-6-12(15)8-13(7-11)16-9-10-4-2-1-3-5-10/h1-8H,9H2. The van der Waals surface area contributed by atoms with Crippen LogP contribution in [0.25, 0.3) is 0 Å². The van der Waals surface area contributed by atoms with E-state index >= 15 is 0 Å². The van der Waals surface area contributed by atoms with E-state index in [0.717, 1.165) is 5.56 Å². The maximum atomic E-state index is 13.0. The maximum Gasteiger partial charge on any atom is 0.128 e. The van der Waals surface area contributed by atoms with Crippen LogP contribution in [0.2, 0.25) is 5.02 Å². The summed E-state index contributed by atoms with van der Waals surface area (Å²) in [5.41, 5.74) is 1.03. The minimum atomic E-state index is -0.393. The molecule has 0 saturated carbocycles. The smallest absolute Gasteiger partial charge is 0.128 e. The van der Waals surface area contributed by atoms with E-state index < -0.39 is 5.82 Å². The molecule has 2 aromatic carbocycles. The van der Waals surface area contributed by atoms with Crippen LogP contribution in [0, 0.1) is 5.82 Å². The van der Waals surface area contributed by atoms with Gasteiger partial charge in [0.25, 0.3) is 0 Å². The minimum absolute atomic E-state index is 0.336.